The molecule has 2 nitrogen and oxygen atoms in total. The fraction of sp³-hybridized carbons (Fsp3) is 0.0769. The van der Waals surface area contributed by atoms with Crippen LogP contribution in [0, 0.1) is 12.7 Å². The zero-order chi connectivity index (χ0) is 11.5. The average Bonchev–Trinajstić information content (AvgIpc) is 2.20. The van der Waals surface area contributed by atoms with Crippen molar-refractivity contribution in [1.29, 1.82) is 0 Å². The highest BCUT2D eigenvalue weighted by atomic mass is 19.1. The first-order valence-corrected chi connectivity index (χ1v) is 5.04. The number of anilines is 3. The molecule has 0 saturated carbocycles. The van der Waals surface area contributed by atoms with E-state index in [4.69, 9.17) is 5.73 Å². The van der Waals surface area contributed by atoms with Crippen molar-refractivity contribution in [3.63, 3.8) is 0 Å². The Bertz CT molecular complexity index is 489. The van der Waals surface area contributed by atoms with Gasteiger partial charge in [-0.25, -0.2) is 4.39 Å². The van der Waals surface area contributed by atoms with E-state index < -0.39 is 0 Å². The van der Waals surface area contributed by atoms with E-state index >= 15 is 0 Å². The number of para-hydroxylation sites is 1. The summed E-state index contributed by atoms with van der Waals surface area (Å²) in [5.41, 5.74) is 8.67. The highest BCUT2D eigenvalue weighted by Gasteiger charge is 2.01. The lowest BCUT2D eigenvalue weighted by Crippen LogP contribution is -1.95. The average molecular weight is 216 g/mol. The first-order chi connectivity index (χ1) is 7.65. The normalized spacial score (nSPS) is 10.1. The molecular weight excluding hydrogens is 203 g/mol. The summed E-state index contributed by atoms with van der Waals surface area (Å²) in [5.74, 6) is -0.275. The number of hydrogen-bond donors (Lipinski definition) is 2. The molecule has 2 aromatic carbocycles. The maximum Gasteiger partial charge on any atom is 0.146 e. The molecule has 0 bridgehead atoms. The number of nitrogen functional groups attached to an aromatic ring is 1. The Hall–Kier alpha value is -2.03. The van der Waals surface area contributed by atoms with Crippen molar-refractivity contribution in [2.45, 2.75) is 6.92 Å². The van der Waals surface area contributed by atoms with E-state index in [0.717, 1.165) is 11.3 Å². The molecule has 0 spiro atoms. The summed E-state index contributed by atoms with van der Waals surface area (Å²) in [5, 5.41) is 3.00. The van der Waals surface area contributed by atoms with Gasteiger partial charge in [0.1, 0.15) is 5.82 Å². The molecule has 3 heteroatoms. The summed E-state index contributed by atoms with van der Waals surface area (Å²) in [6, 6.07) is 12.1. The first kappa shape index (κ1) is 10.5. The lowest BCUT2D eigenvalue weighted by molar-refractivity contribution is 0.632. The Morgan fingerprint density at radius 3 is 2.56 bits per heavy atom. The van der Waals surface area contributed by atoms with Crippen molar-refractivity contribution in [1.82, 2.24) is 0 Å². The van der Waals surface area contributed by atoms with Crippen LogP contribution in [0.4, 0.5) is 21.5 Å². The van der Waals surface area contributed by atoms with Crippen LogP contribution in [0.1, 0.15) is 5.56 Å². The van der Waals surface area contributed by atoms with Gasteiger partial charge < -0.3 is 11.1 Å². The smallest absolute Gasteiger partial charge is 0.146 e. The van der Waals surface area contributed by atoms with E-state index in [2.05, 4.69) is 5.32 Å². The number of benzene rings is 2. The van der Waals surface area contributed by atoms with E-state index in [1.165, 1.54) is 6.07 Å². The molecule has 0 saturated heterocycles. The molecule has 2 rings (SSSR count). The Kier molecular flexibility index (Phi) is 2.77. The lowest BCUT2D eigenvalue weighted by Gasteiger charge is -2.09. The van der Waals surface area contributed by atoms with Gasteiger partial charge in [-0.3, -0.25) is 0 Å². The molecule has 3 N–H and O–H groups in total. The third-order valence-corrected chi connectivity index (χ3v) is 2.25. The summed E-state index contributed by atoms with van der Waals surface area (Å²) in [6.07, 6.45) is 0. The quantitative estimate of drug-likeness (QED) is 0.754. The second-order valence-electron chi connectivity index (χ2n) is 3.74. The van der Waals surface area contributed by atoms with E-state index in [-0.39, 0.29) is 5.82 Å². The van der Waals surface area contributed by atoms with Crippen molar-refractivity contribution in [2.24, 2.45) is 0 Å². The van der Waals surface area contributed by atoms with Crippen LogP contribution in [0.3, 0.4) is 0 Å². The fourth-order valence-electron chi connectivity index (χ4n) is 1.60. The van der Waals surface area contributed by atoms with Crippen LogP contribution in [0.25, 0.3) is 0 Å². The maximum absolute atomic E-state index is 13.4. The van der Waals surface area contributed by atoms with E-state index in [1.807, 2.05) is 19.1 Å². The van der Waals surface area contributed by atoms with Crippen LogP contribution in [0.2, 0.25) is 0 Å². The van der Waals surface area contributed by atoms with Gasteiger partial charge in [0.2, 0.25) is 0 Å². The minimum absolute atomic E-state index is 0.275. The Morgan fingerprint density at radius 1 is 1.12 bits per heavy atom. The molecule has 0 aromatic heterocycles. The second kappa shape index (κ2) is 4.23. The molecule has 0 aliphatic carbocycles. The molecule has 0 radical (unpaired) electrons. The SMILES string of the molecule is Cc1cc(N)cc(Nc2ccccc2F)c1. The molecule has 0 atom stereocenters. The molecule has 0 aliphatic heterocycles. The molecular formula is C13H13FN2. The third-order valence-electron chi connectivity index (χ3n) is 2.25. The van der Waals surface area contributed by atoms with Crippen molar-refractivity contribution in [3.8, 4) is 0 Å². The fourth-order valence-corrected chi connectivity index (χ4v) is 1.60. The highest BCUT2D eigenvalue weighted by Crippen LogP contribution is 2.22. The molecule has 0 fully saturated rings. The maximum atomic E-state index is 13.4. The van der Waals surface area contributed by atoms with Gasteiger partial charge in [-0.05, 0) is 42.8 Å². The van der Waals surface area contributed by atoms with Gasteiger partial charge in [-0.2, -0.15) is 0 Å². The highest BCUT2D eigenvalue weighted by molar-refractivity contribution is 5.65. The van der Waals surface area contributed by atoms with Crippen LogP contribution in [-0.2, 0) is 0 Å². The first-order valence-electron chi connectivity index (χ1n) is 5.04. The van der Waals surface area contributed by atoms with Crippen LogP contribution >= 0.6 is 0 Å². The Morgan fingerprint density at radius 2 is 1.88 bits per heavy atom. The van der Waals surface area contributed by atoms with Gasteiger partial charge in [-0.15, -0.1) is 0 Å². The molecule has 0 unspecified atom stereocenters. The van der Waals surface area contributed by atoms with Gasteiger partial charge in [0.05, 0.1) is 5.69 Å². The number of hydrogen-bond acceptors (Lipinski definition) is 2. The minimum atomic E-state index is -0.275. The topological polar surface area (TPSA) is 38.0 Å². The molecule has 0 heterocycles. The number of nitrogens with one attached hydrogen (secondary N) is 1. The molecule has 0 amide bonds. The number of nitrogens with two attached hydrogens (primary N) is 1. The standard InChI is InChI=1S/C13H13FN2/c1-9-6-10(15)8-11(7-9)16-13-5-3-2-4-12(13)14/h2-8,16H,15H2,1H3. The molecule has 0 aliphatic rings. The van der Waals surface area contributed by atoms with Crippen molar-refractivity contribution < 1.29 is 4.39 Å². The largest absolute Gasteiger partial charge is 0.399 e. The molecule has 16 heavy (non-hydrogen) atoms. The second-order valence-corrected chi connectivity index (χ2v) is 3.74. The zero-order valence-corrected chi connectivity index (χ0v) is 9.00. The van der Waals surface area contributed by atoms with Crippen LogP contribution in [-0.4, -0.2) is 0 Å². The monoisotopic (exact) mass is 216 g/mol. The Labute approximate surface area is 93.9 Å². The predicted octanol–water partition coefficient (Wildman–Crippen LogP) is 3.46. The van der Waals surface area contributed by atoms with Crippen molar-refractivity contribution in [2.75, 3.05) is 11.1 Å². The van der Waals surface area contributed by atoms with Gasteiger partial charge in [0.15, 0.2) is 0 Å². The summed E-state index contributed by atoms with van der Waals surface area (Å²) in [6.45, 7) is 1.95. The lowest BCUT2D eigenvalue weighted by atomic mass is 10.2. The van der Waals surface area contributed by atoms with E-state index in [1.54, 1.807) is 24.3 Å². The van der Waals surface area contributed by atoms with E-state index in [9.17, 15) is 4.39 Å². The van der Waals surface area contributed by atoms with Gasteiger partial charge in [-0.1, -0.05) is 12.1 Å². The number of halogens is 1. The van der Waals surface area contributed by atoms with Crippen molar-refractivity contribution in [3.05, 3.63) is 53.8 Å². The van der Waals surface area contributed by atoms with Crippen LogP contribution < -0.4 is 11.1 Å². The van der Waals surface area contributed by atoms with Gasteiger partial charge in [0, 0.05) is 11.4 Å². The third kappa shape index (κ3) is 2.31. The number of rotatable bonds is 2. The predicted molar refractivity (Wildman–Crippen MR) is 65.3 cm³/mol. The van der Waals surface area contributed by atoms with Gasteiger partial charge >= 0.3 is 0 Å². The Balaban J connectivity index is 2.30. The van der Waals surface area contributed by atoms with Crippen molar-refractivity contribution >= 4 is 17.1 Å². The zero-order valence-electron chi connectivity index (χ0n) is 9.00. The van der Waals surface area contributed by atoms with Gasteiger partial charge in [0.25, 0.3) is 0 Å². The summed E-state index contributed by atoms with van der Waals surface area (Å²) < 4.78 is 13.4. The summed E-state index contributed by atoms with van der Waals surface area (Å²) in [4.78, 5) is 0. The van der Waals surface area contributed by atoms with E-state index in [0.29, 0.717) is 11.4 Å². The number of aryl methyl sites for hydroxylation is 1. The summed E-state index contributed by atoms with van der Waals surface area (Å²) in [7, 11) is 0. The van der Waals surface area contributed by atoms with Crippen LogP contribution in [0.15, 0.2) is 42.5 Å². The summed E-state index contributed by atoms with van der Waals surface area (Å²) >= 11 is 0. The molecule has 2 aromatic rings. The minimum Gasteiger partial charge on any atom is -0.399 e. The molecule has 82 valence electrons. The van der Waals surface area contributed by atoms with Crippen LogP contribution in [0.5, 0.6) is 0 Å².